The molecule has 3 aromatic rings. The van der Waals surface area contributed by atoms with Crippen molar-refractivity contribution in [1.29, 1.82) is 0 Å². The van der Waals surface area contributed by atoms with Crippen LogP contribution in [0.15, 0.2) is 24.3 Å². The van der Waals surface area contributed by atoms with Crippen molar-refractivity contribution in [3.63, 3.8) is 0 Å². The van der Waals surface area contributed by atoms with Gasteiger partial charge in [-0.25, -0.2) is 0 Å². The van der Waals surface area contributed by atoms with Crippen LogP contribution in [0.1, 0.15) is 30.6 Å². The van der Waals surface area contributed by atoms with Crippen molar-refractivity contribution in [3.8, 4) is 0 Å². The van der Waals surface area contributed by atoms with E-state index in [1.54, 1.807) is 11.3 Å². The topological polar surface area (TPSA) is 55.1 Å². The average Bonchev–Trinajstić information content (AvgIpc) is 2.95. The van der Waals surface area contributed by atoms with Gasteiger partial charge in [0.25, 0.3) is 0 Å². The van der Waals surface area contributed by atoms with Gasteiger partial charge < -0.3 is 5.32 Å². The fraction of sp³-hybridized carbons (Fsp3) is 0.308. The fourth-order valence-electron chi connectivity index (χ4n) is 1.88. The third-order valence-electron chi connectivity index (χ3n) is 2.84. The van der Waals surface area contributed by atoms with Crippen LogP contribution in [0.25, 0.3) is 4.96 Å². The van der Waals surface area contributed by atoms with Gasteiger partial charge in [-0.2, -0.15) is 9.61 Å². The Kier molecular flexibility index (Phi) is 3.58. The normalized spacial score (nSPS) is 11.4. The minimum atomic E-state index is 0.306. The van der Waals surface area contributed by atoms with E-state index < -0.39 is 0 Å². The molecule has 2 heterocycles. The Bertz CT molecular complexity index is 733. The summed E-state index contributed by atoms with van der Waals surface area (Å²) in [5, 5.41) is 17.8. The molecule has 104 valence electrons. The monoisotopic (exact) mass is 307 g/mol. The lowest BCUT2D eigenvalue weighted by Crippen LogP contribution is -2.02. The molecule has 0 unspecified atom stereocenters. The highest BCUT2D eigenvalue weighted by atomic mass is 35.5. The largest absolute Gasteiger partial charge is 0.378 e. The van der Waals surface area contributed by atoms with Crippen LogP contribution in [0, 0.1) is 0 Å². The first kappa shape index (κ1) is 13.3. The lowest BCUT2D eigenvalue weighted by Gasteiger charge is -2.03. The van der Waals surface area contributed by atoms with Gasteiger partial charge in [0.05, 0.1) is 6.54 Å². The van der Waals surface area contributed by atoms with Gasteiger partial charge in [-0.3, -0.25) is 0 Å². The number of rotatable bonds is 4. The number of nitrogens with one attached hydrogen (secondary N) is 1. The van der Waals surface area contributed by atoms with Gasteiger partial charge in [-0.15, -0.1) is 10.2 Å². The van der Waals surface area contributed by atoms with E-state index in [2.05, 4.69) is 34.5 Å². The van der Waals surface area contributed by atoms with Gasteiger partial charge in [0, 0.05) is 16.6 Å². The van der Waals surface area contributed by atoms with Crippen LogP contribution in [-0.4, -0.2) is 19.8 Å². The molecule has 0 radical (unpaired) electrons. The first-order valence-corrected chi connectivity index (χ1v) is 7.53. The summed E-state index contributed by atoms with van der Waals surface area (Å²) < 4.78 is 1.82. The van der Waals surface area contributed by atoms with Crippen molar-refractivity contribution in [2.24, 2.45) is 0 Å². The second-order valence-corrected chi connectivity index (χ2v) is 6.24. The molecule has 0 aliphatic heterocycles. The van der Waals surface area contributed by atoms with Gasteiger partial charge >= 0.3 is 0 Å². The molecule has 1 N–H and O–H groups in total. The number of anilines is 1. The van der Waals surface area contributed by atoms with E-state index in [0.717, 1.165) is 26.5 Å². The molecule has 7 heteroatoms. The SMILES string of the molecule is CC(C)c1nnc2sc(CNc3cccc(Cl)c3)nn12. The maximum atomic E-state index is 5.95. The number of benzene rings is 1. The second-order valence-electron chi connectivity index (χ2n) is 4.77. The van der Waals surface area contributed by atoms with Crippen molar-refractivity contribution in [3.05, 3.63) is 40.1 Å². The molecule has 0 bridgehead atoms. The van der Waals surface area contributed by atoms with E-state index in [0.29, 0.717) is 12.5 Å². The number of aromatic nitrogens is 4. The van der Waals surface area contributed by atoms with E-state index >= 15 is 0 Å². The summed E-state index contributed by atoms with van der Waals surface area (Å²) >= 11 is 7.50. The predicted molar refractivity (Wildman–Crippen MR) is 81.5 cm³/mol. The maximum Gasteiger partial charge on any atom is 0.234 e. The molecule has 20 heavy (non-hydrogen) atoms. The van der Waals surface area contributed by atoms with Crippen LogP contribution in [0.3, 0.4) is 0 Å². The summed E-state index contributed by atoms with van der Waals surface area (Å²) in [4.78, 5) is 0.830. The molecular weight excluding hydrogens is 294 g/mol. The first-order valence-electron chi connectivity index (χ1n) is 6.34. The molecule has 0 amide bonds. The van der Waals surface area contributed by atoms with Gasteiger partial charge in [-0.05, 0) is 18.2 Å². The standard InChI is InChI=1S/C13H14ClN5S/c1-8(2)12-16-17-13-19(12)18-11(20-13)7-15-10-5-3-4-9(14)6-10/h3-6,8,15H,7H2,1-2H3. The third-order valence-corrected chi connectivity index (χ3v) is 3.98. The van der Waals surface area contributed by atoms with Crippen molar-refractivity contribution in [2.45, 2.75) is 26.3 Å². The molecule has 0 aliphatic rings. The van der Waals surface area contributed by atoms with E-state index in [-0.39, 0.29) is 0 Å². The highest BCUT2D eigenvalue weighted by molar-refractivity contribution is 7.16. The molecule has 0 atom stereocenters. The molecule has 0 aliphatic carbocycles. The molecule has 0 spiro atoms. The van der Waals surface area contributed by atoms with Gasteiger partial charge in [0.2, 0.25) is 4.96 Å². The van der Waals surface area contributed by atoms with Crippen LogP contribution < -0.4 is 5.32 Å². The summed E-state index contributed by atoms with van der Waals surface area (Å²) in [7, 11) is 0. The summed E-state index contributed by atoms with van der Waals surface area (Å²) in [5.74, 6) is 1.20. The third kappa shape index (κ3) is 2.62. The highest BCUT2D eigenvalue weighted by Crippen LogP contribution is 2.20. The minimum absolute atomic E-state index is 0.306. The van der Waals surface area contributed by atoms with Crippen molar-refractivity contribution >= 4 is 33.6 Å². The summed E-state index contributed by atoms with van der Waals surface area (Å²) in [6, 6.07) is 7.64. The van der Waals surface area contributed by atoms with Crippen LogP contribution in [0.5, 0.6) is 0 Å². The van der Waals surface area contributed by atoms with Crippen LogP contribution >= 0.6 is 22.9 Å². The quantitative estimate of drug-likeness (QED) is 0.800. The maximum absolute atomic E-state index is 5.95. The lowest BCUT2D eigenvalue weighted by atomic mass is 10.2. The van der Waals surface area contributed by atoms with Gasteiger partial charge in [0.1, 0.15) is 5.01 Å². The number of halogens is 1. The molecule has 1 aromatic carbocycles. The Morgan fingerprint density at radius 1 is 1.35 bits per heavy atom. The van der Waals surface area contributed by atoms with Gasteiger partial charge in [-0.1, -0.05) is 42.9 Å². The molecular formula is C13H14ClN5S. The van der Waals surface area contributed by atoms with E-state index in [1.165, 1.54) is 0 Å². The Labute approximate surface area is 125 Å². The van der Waals surface area contributed by atoms with Crippen LogP contribution in [-0.2, 0) is 6.54 Å². The molecule has 5 nitrogen and oxygen atoms in total. The fourth-order valence-corrected chi connectivity index (χ4v) is 2.85. The molecule has 3 rings (SSSR count). The summed E-state index contributed by atoms with van der Waals surface area (Å²) in [6.45, 7) is 4.81. The van der Waals surface area contributed by atoms with Crippen molar-refractivity contribution in [1.82, 2.24) is 19.8 Å². The van der Waals surface area contributed by atoms with Crippen LogP contribution in [0.4, 0.5) is 5.69 Å². The van der Waals surface area contributed by atoms with Gasteiger partial charge in [0.15, 0.2) is 5.82 Å². The summed E-state index contributed by atoms with van der Waals surface area (Å²) in [5.41, 5.74) is 0.979. The van der Waals surface area contributed by atoms with Crippen molar-refractivity contribution in [2.75, 3.05) is 5.32 Å². The molecule has 0 fully saturated rings. The number of hydrogen-bond acceptors (Lipinski definition) is 5. The zero-order valence-corrected chi connectivity index (χ0v) is 12.7. The van der Waals surface area contributed by atoms with E-state index in [4.69, 9.17) is 11.6 Å². The number of nitrogens with zero attached hydrogens (tertiary/aromatic N) is 4. The second kappa shape index (κ2) is 5.38. The Hall–Kier alpha value is -1.66. The van der Waals surface area contributed by atoms with E-state index in [9.17, 15) is 0 Å². The van der Waals surface area contributed by atoms with E-state index in [1.807, 2.05) is 28.8 Å². The lowest BCUT2D eigenvalue weighted by molar-refractivity contribution is 0.719. The average molecular weight is 308 g/mol. The number of hydrogen-bond donors (Lipinski definition) is 1. The Morgan fingerprint density at radius 2 is 2.20 bits per heavy atom. The van der Waals surface area contributed by atoms with Crippen molar-refractivity contribution < 1.29 is 0 Å². The Morgan fingerprint density at radius 3 is 2.95 bits per heavy atom. The number of fused-ring (bicyclic) bond motifs is 1. The Balaban J connectivity index is 1.78. The molecule has 0 saturated carbocycles. The molecule has 2 aromatic heterocycles. The minimum Gasteiger partial charge on any atom is -0.378 e. The zero-order chi connectivity index (χ0) is 14.1. The predicted octanol–water partition coefficient (Wildman–Crippen LogP) is 3.57. The first-order chi connectivity index (χ1) is 9.63. The van der Waals surface area contributed by atoms with Crippen LogP contribution in [0.2, 0.25) is 5.02 Å². The summed E-state index contributed by atoms with van der Waals surface area (Å²) in [6.07, 6.45) is 0. The molecule has 0 saturated heterocycles. The highest BCUT2D eigenvalue weighted by Gasteiger charge is 2.13. The zero-order valence-electron chi connectivity index (χ0n) is 11.2. The smallest absolute Gasteiger partial charge is 0.234 e.